The highest BCUT2D eigenvalue weighted by atomic mass is 16.2. The maximum absolute atomic E-state index is 12.7. The molecular weight excluding hydrogens is 336 g/mol. The Kier molecular flexibility index (Phi) is 4.92. The van der Waals surface area contributed by atoms with E-state index in [0.717, 1.165) is 36.3 Å². The van der Waals surface area contributed by atoms with Crippen LogP contribution in [0.15, 0.2) is 61.1 Å². The first-order valence-electron chi connectivity index (χ1n) is 9.30. The fourth-order valence-electron chi connectivity index (χ4n) is 3.62. The number of carbonyl (C=O) groups is 1. The smallest absolute Gasteiger partial charge is 0.274 e. The molecule has 3 aromatic rings. The number of aromatic nitrogens is 3. The average molecular weight is 358 g/mol. The molecule has 1 aliphatic heterocycles. The first-order chi connectivity index (χ1) is 13.2. The van der Waals surface area contributed by atoms with Crippen LogP contribution in [0.5, 0.6) is 0 Å². The van der Waals surface area contributed by atoms with Gasteiger partial charge in [-0.25, -0.2) is 4.98 Å². The molecule has 1 aromatic carbocycles. The Morgan fingerprint density at radius 2 is 2.04 bits per heavy atom. The average Bonchev–Trinajstić information content (AvgIpc) is 2.74. The fourth-order valence-corrected chi connectivity index (χ4v) is 3.62. The number of aryl methyl sites for hydroxylation is 1. The summed E-state index contributed by atoms with van der Waals surface area (Å²) in [7, 11) is 0. The molecule has 0 unspecified atom stereocenters. The lowest BCUT2D eigenvalue weighted by atomic mass is 9.93. The number of benzene rings is 1. The normalized spacial score (nSPS) is 16.9. The third-order valence-corrected chi connectivity index (χ3v) is 4.99. The standard InChI is InChI=1S/C22H22N4O/c1-16-5-2-6-17(13-16)19-8-3-9-20(25-19)18-7-4-12-26(15-18)22(27)21-14-23-10-11-24-21/h2-3,5-6,8-11,13-14,18H,4,7,12,15H2,1H3/t18-/m1/s1. The van der Waals surface area contributed by atoms with Crippen molar-refractivity contribution in [1.82, 2.24) is 19.9 Å². The zero-order valence-corrected chi connectivity index (χ0v) is 15.4. The molecular formula is C22H22N4O. The number of hydrogen-bond donors (Lipinski definition) is 0. The minimum atomic E-state index is -0.0531. The van der Waals surface area contributed by atoms with Gasteiger partial charge in [-0.3, -0.25) is 14.8 Å². The van der Waals surface area contributed by atoms with Crippen molar-refractivity contribution in [2.24, 2.45) is 0 Å². The molecule has 136 valence electrons. The van der Waals surface area contributed by atoms with Crippen LogP contribution in [0.25, 0.3) is 11.3 Å². The molecule has 1 fully saturated rings. The van der Waals surface area contributed by atoms with E-state index in [2.05, 4.69) is 53.3 Å². The van der Waals surface area contributed by atoms with Gasteiger partial charge in [-0.1, -0.05) is 29.8 Å². The molecule has 4 rings (SSSR count). The quantitative estimate of drug-likeness (QED) is 0.713. The van der Waals surface area contributed by atoms with Crippen molar-refractivity contribution in [3.63, 3.8) is 0 Å². The number of likely N-dealkylation sites (tertiary alicyclic amines) is 1. The Balaban J connectivity index is 1.55. The van der Waals surface area contributed by atoms with Crippen molar-refractivity contribution in [2.75, 3.05) is 13.1 Å². The van der Waals surface area contributed by atoms with Crippen LogP contribution < -0.4 is 0 Å². The molecule has 3 heterocycles. The van der Waals surface area contributed by atoms with Crippen molar-refractivity contribution in [1.29, 1.82) is 0 Å². The van der Waals surface area contributed by atoms with E-state index in [-0.39, 0.29) is 11.8 Å². The highest BCUT2D eigenvalue weighted by Gasteiger charge is 2.27. The van der Waals surface area contributed by atoms with Gasteiger partial charge in [0.05, 0.1) is 11.9 Å². The second kappa shape index (κ2) is 7.66. The zero-order valence-electron chi connectivity index (χ0n) is 15.4. The summed E-state index contributed by atoms with van der Waals surface area (Å²) in [6.07, 6.45) is 6.67. The van der Waals surface area contributed by atoms with Gasteiger partial charge < -0.3 is 4.90 Å². The predicted octanol–water partition coefficient (Wildman–Crippen LogP) is 3.87. The zero-order chi connectivity index (χ0) is 18.6. The highest BCUT2D eigenvalue weighted by Crippen LogP contribution is 2.28. The van der Waals surface area contributed by atoms with E-state index in [1.165, 1.54) is 11.8 Å². The molecule has 1 saturated heterocycles. The number of rotatable bonds is 3. The topological polar surface area (TPSA) is 59.0 Å². The molecule has 1 atom stereocenters. The number of nitrogens with zero attached hydrogens (tertiary/aromatic N) is 4. The van der Waals surface area contributed by atoms with Crippen LogP contribution in [0, 0.1) is 6.92 Å². The molecule has 2 aromatic heterocycles. The predicted molar refractivity (Wildman–Crippen MR) is 104 cm³/mol. The van der Waals surface area contributed by atoms with E-state index in [1.54, 1.807) is 12.4 Å². The second-order valence-electron chi connectivity index (χ2n) is 7.00. The van der Waals surface area contributed by atoms with Gasteiger partial charge in [0.1, 0.15) is 5.69 Å². The van der Waals surface area contributed by atoms with Crippen LogP contribution in [0.3, 0.4) is 0 Å². The third-order valence-electron chi connectivity index (χ3n) is 4.99. The van der Waals surface area contributed by atoms with Gasteiger partial charge in [0, 0.05) is 42.7 Å². The molecule has 0 bridgehead atoms. The summed E-state index contributed by atoms with van der Waals surface area (Å²) in [6, 6.07) is 14.6. The summed E-state index contributed by atoms with van der Waals surface area (Å²) >= 11 is 0. The van der Waals surface area contributed by atoms with Gasteiger partial charge in [0.2, 0.25) is 0 Å². The Morgan fingerprint density at radius 1 is 1.15 bits per heavy atom. The van der Waals surface area contributed by atoms with Crippen LogP contribution in [0.1, 0.15) is 40.5 Å². The van der Waals surface area contributed by atoms with E-state index >= 15 is 0 Å². The van der Waals surface area contributed by atoms with Gasteiger partial charge in [-0.05, 0) is 38.0 Å². The molecule has 0 saturated carbocycles. The summed E-state index contributed by atoms with van der Waals surface area (Å²) in [6.45, 7) is 3.51. The summed E-state index contributed by atoms with van der Waals surface area (Å²) in [4.78, 5) is 27.6. The highest BCUT2D eigenvalue weighted by molar-refractivity contribution is 5.92. The SMILES string of the molecule is Cc1cccc(-c2cccc([C@@H]3CCCN(C(=O)c4cnccn4)C3)n2)c1. The van der Waals surface area contributed by atoms with E-state index < -0.39 is 0 Å². The monoisotopic (exact) mass is 358 g/mol. The Bertz CT molecular complexity index is 942. The van der Waals surface area contributed by atoms with Crippen LogP contribution in [0.2, 0.25) is 0 Å². The summed E-state index contributed by atoms with van der Waals surface area (Å²) in [5.41, 5.74) is 4.78. The largest absolute Gasteiger partial charge is 0.337 e. The van der Waals surface area contributed by atoms with Crippen LogP contribution in [-0.2, 0) is 0 Å². The Labute approximate surface area is 159 Å². The van der Waals surface area contributed by atoms with Crippen LogP contribution in [0.4, 0.5) is 0 Å². The molecule has 1 aliphatic rings. The van der Waals surface area contributed by atoms with Crippen molar-refractivity contribution in [2.45, 2.75) is 25.7 Å². The fraction of sp³-hybridized carbons (Fsp3) is 0.273. The molecule has 5 heteroatoms. The Hall–Kier alpha value is -3.08. The number of piperidine rings is 1. The van der Waals surface area contributed by atoms with E-state index in [9.17, 15) is 4.79 Å². The van der Waals surface area contributed by atoms with Crippen molar-refractivity contribution >= 4 is 5.91 Å². The third kappa shape index (κ3) is 3.87. The number of amides is 1. The van der Waals surface area contributed by atoms with Crippen molar-refractivity contribution < 1.29 is 4.79 Å². The van der Waals surface area contributed by atoms with Crippen LogP contribution >= 0.6 is 0 Å². The summed E-state index contributed by atoms with van der Waals surface area (Å²) in [5.74, 6) is 0.187. The minimum absolute atomic E-state index is 0.0531. The van der Waals surface area contributed by atoms with Gasteiger partial charge >= 0.3 is 0 Å². The molecule has 0 aliphatic carbocycles. The summed E-state index contributed by atoms with van der Waals surface area (Å²) < 4.78 is 0. The van der Waals surface area contributed by atoms with Crippen molar-refractivity contribution in [3.05, 3.63) is 78.0 Å². The Morgan fingerprint density at radius 3 is 2.85 bits per heavy atom. The number of pyridine rings is 1. The molecule has 0 spiro atoms. The molecule has 27 heavy (non-hydrogen) atoms. The van der Waals surface area contributed by atoms with Gasteiger partial charge in [-0.2, -0.15) is 0 Å². The molecule has 1 amide bonds. The van der Waals surface area contributed by atoms with E-state index in [4.69, 9.17) is 4.98 Å². The summed E-state index contributed by atoms with van der Waals surface area (Å²) in [5, 5.41) is 0. The van der Waals surface area contributed by atoms with Crippen LogP contribution in [-0.4, -0.2) is 38.8 Å². The van der Waals surface area contributed by atoms with Gasteiger partial charge in [0.25, 0.3) is 5.91 Å². The maximum atomic E-state index is 12.7. The van der Waals surface area contributed by atoms with Gasteiger partial charge in [-0.15, -0.1) is 0 Å². The maximum Gasteiger partial charge on any atom is 0.274 e. The molecule has 0 N–H and O–H groups in total. The number of hydrogen-bond acceptors (Lipinski definition) is 4. The van der Waals surface area contributed by atoms with E-state index in [0.29, 0.717) is 12.2 Å². The lowest BCUT2D eigenvalue weighted by Crippen LogP contribution is -2.39. The first-order valence-corrected chi connectivity index (χ1v) is 9.30. The van der Waals surface area contributed by atoms with Crippen molar-refractivity contribution in [3.8, 4) is 11.3 Å². The molecule has 5 nitrogen and oxygen atoms in total. The lowest BCUT2D eigenvalue weighted by molar-refractivity contribution is 0.0699. The minimum Gasteiger partial charge on any atom is -0.337 e. The number of carbonyl (C=O) groups excluding carboxylic acids is 1. The van der Waals surface area contributed by atoms with Gasteiger partial charge in [0.15, 0.2) is 0 Å². The second-order valence-corrected chi connectivity index (χ2v) is 7.00. The lowest BCUT2D eigenvalue weighted by Gasteiger charge is -2.32. The first kappa shape index (κ1) is 17.3. The molecule has 0 radical (unpaired) electrons. The van der Waals surface area contributed by atoms with E-state index in [1.807, 2.05) is 11.0 Å².